The molecular formula is C21H17N3O. The first kappa shape index (κ1) is 15.1. The lowest BCUT2D eigenvalue weighted by Gasteiger charge is -2.06. The number of fused-ring (bicyclic) bond motifs is 1. The number of imidazole rings is 1. The van der Waals surface area contributed by atoms with E-state index < -0.39 is 0 Å². The van der Waals surface area contributed by atoms with Crippen molar-refractivity contribution in [3.8, 4) is 11.3 Å². The van der Waals surface area contributed by atoms with Crippen LogP contribution in [0, 0.1) is 6.92 Å². The predicted molar refractivity (Wildman–Crippen MR) is 99.8 cm³/mol. The molecule has 2 aromatic heterocycles. The first-order valence-electron chi connectivity index (χ1n) is 8.11. The lowest BCUT2D eigenvalue weighted by molar-refractivity contribution is 0.102. The van der Waals surface area contributed by atoms with E-state index in [1.165, 1.54) is 0 Å². The molecule has 0 aliphatic carbocycles. The maximum atomic E-state index is 12.3. The molecular weight excluding hydrogens is 310 g/mol. The van der Waals surface area contributed by atoms with Crippen LogP contribution in [0.15, 0.2) is 79.1 Å². The van der Waals surface area contributed by atoms with Crippen LogP contribution in [0.3, 0.4) is 0 Å². The van der Waals surface area contributed by atoms with Crippen molar-refractivity contribution >= 4 is 17.2 Å². The van der Waals surface area contributed by atoms with Crippen molar-refractivity contribution in [3.63, 3.8) is 0 Å². The molecule has 2 aromatic carbocycles. The van der Waals surface area contributed by atoms with Crippen LogP contribution in [0.4, 0.5) is 5.69 Å². The average Bonchev–Trinajstić information content (AvgIpc) is 3.06. The largest absolute Gasteiger partial charge is 0.322 e. The highest BCUT2D eigenvalue weighted by atomic mass is 16.1. The standard InChI is InChI=1S/C21H17N3O/c1-15-5-4-6-17(13-15)21(25)22-18-10-8-16(9-11-18)19-14-24-12-3-2-7-20(24)23-19/h2-14H,1H3,(H,22,25). The summed E-state index contributed by atoms with van der Waals surface area (Å²) >= 11 is 0. The maximum Gasteiger partial charge on any atom is 0.255 e. The van der Waals surface area contributed by atoms with Crippen LogP contribution < -0.4 is 5.32 Å². The molecule has 1 amide bonds. The summed E-state index contributed by atoms with van der Waals surface area (Å²) in [7, 11) is 0. The molecule has 4 heteroatoms. The van der Waals surface area contributed by atoms with Crippen molar-refractivity contribution in [1.82, 2.24) is 9.38 Å². The van der Waals surface area contributed by atoms with E-state index in [1.807, 2.05) is 90.4 Å². The minimum atomic E-state index is -0.107. The topological polar surface area (TPSA) is 46.4 Å². The van der Waals surface area contributed by atoms with E-state index in [9.17, 15) is 4.79 Å². The fraction of sp³-hybridized carbons (Fsp3) is 0.0476. The SMILES string of the molecule is Cc1cccc(C(=O)Nc2ccc(-c3cn4ccccc4n3)cc2)c1. The minimum absolute atomic E-state index is 0.107. The number of aryl methyl sites for hydroxylation is 1. The van der Waals surface area contributed by atoms with E-state index >= 15 is 0 Å². The number of hydrogen-bond acceptors (Lipinski definition) is 2. The number of carbonyl (C=O) groups excluding carboxylic acids is 1. The van der Waals surface area contributed by atoms with Gasteiger partial charge in [-0.15, -0.1) is 0 Å². The molecule has 0 bridgehead atoms. The van der Waals surface area contributed by atoms with E-state index in [4.69, 9.17) is 0 Å². The van der Waals surface area contributed by atoms with Gasteiger partial charge in [-0.2, -0.15) is 0 Å². The zero-order chi connectivity index (χ0) is 17.2. The Hall–Kier alpha value is -3.40. The number of nitrogens with one attached hydrogen (secondary N) is 1. The third kappa shape index (κ3) is 3.15. The van der Waals surface area contributed by atoms with Gasteiger partial charge in [0.15, 0.2) is 0 Å². The quantitative estimate of drug-likeness (QED) is 0.599. The van der Waals surface area contributed by atoms with Gasteiger partial charge in [0.05, 0.1) is 5.69 Å². The molecule has 4 aromatic rings. The molecule has 25 heavy (non-hydrogen) atoms. The smallest absolute Gasteiger partial charge is 0.255 e. The van der Waals surface area contributed by atoms with Gasteiger partial charge in [0.2, 0.25) is 0 Å². The van der Waals surface area contributed by atoms with Gasteiger partial charge in [-0.25, -0.2) is 4.98 Å². The second-order valence-corrected chi connectivity index (χ2v) is 5.99. The highest BCUT2D eigenvalue weighted by molar-refractivity contribution is 6.04. The number of amides is 1. The molecule has 122 valence electrons. The summed E-state index contributed by atoms with van der Waals surface area (Å²) in [4.78, 5) is 16.9. The van der Waals surface area contributed by atoms with Crippen LogP contribution in [-0.4, -0.2) is 15.3 Å². The lowest BCUT2D eigenvalue weighted by Crippen LogP contribution is -2.11. The monoisotopic (exact) mass is 327 g/mol. The molecule has 4 rings (SSSR count). The first-order valence-corrected chi connectivity index (χ1v) is 8.11. The van der Waals surface area contributed by atoms with Crippen molar-refractivity contribution in [2.45, 2.75) is 6.92 Å². The summed E-state index contributed by atoms with van der Waals surface area (Å²) in [5.41, 5.74) is 5.31. The Bertz CT molecular complexity index is 1020. The lowest BCUT2D eigenvalue weighted by atomic mass is 10.1. The molecule has 0 fully saturated rings. The van der Waals surface area contributed by atoms with Crippen LogP contribution in [0.1, 0.15) is 15.9 Å². The van der Waals surface area contributed by atoms with E-state index in [1.54, 1.807) is 0 Å². The Kier molecular flexibility index (Phi) is 3.78. The van der Waals surface area contributed by atoms with Crippen LogP contribution in [0.25, 0.3) is 16.9 Å². The van der Waals surface area contributed by atoms with E-state index in [0.717, 1.165) is 28.2 Å². The molecule has 0 aliphatic rings. The number of benzene rings is 2. The summed E-state index contributed by atoms with van der Waals surface area (Å²) in [6.07, 6.45) is 3.97. The number of pyridine rings is 1. The molecule has 1 N–H and O–H groups in total. The first-order chi connectivity index (χ1) is 12.2. The van der Waals surface area contributed by atoms with E-state index in [0.29, 0.717) is 5.56 Å². The van der Waals surface area contributed by atoms with Crippen LogP contribution in [0.2, 0.25) is 0 Å². The summed E-state index contributed by atoms with van der Waals surface area (Å²) < 4.78 is 1.99. The molecule has 0 radical (unpaired) electrons. The average molecular weight is 327 g/mol. The zero-order valence-electron chi connectivity index (χ0n) is 13.8. The Morgan fingerprint density at radius 1 is 1.00 bits per heavy atom. The molecule has 0 atom stereocenters. The summed E-state index contributed by atoms with van der Waals surface area (Å²) in [5, 5.41) is 2.93. The Morgan fingerprint density at radius 3 is 2.60 bits per heavy atom. The van der Waals surface area contributed by atoms with Crippen molar-refractivity contribution in [2.75, 3.05) is 5.32 Å². The molecule has 0 spiro atoms. The Balaban J connectivity index is 1.54. The highest BCUT2D eigenvalue weighted by Gasteiger charge is 2.07. The van der Waals surface area contributed by atoms with Crippen LogP contribution >= 0.6 is 0 Å². The van der Waals surface area contributed by atoms with Gasteiger partial charge in [-0.1, -0.05) is 35.9 Å². The summed E-state index contributed by atoms with van der Waals surface area (Å²) in [5.74, 6) is -0.107. The normalized spacial score (nSPS) is 10.8. The third-order valence-corrected chi connectivity index (χ3v) is 4.08. The minimum Gasteiger partial charge on any atom is -0.322 e. The highest BCUT2D eigenvalue weighted by Crippen LogP contribution is 2.21. The van der Waals surface area contributed by atoms with Gasteiger partial charge in [-0.05, 0) is 43.3 Å². The van der Waals surface area contributed by atoms with Crippen LogP contribution in [0.5, 0.6) is 0 Å². The van der Waals surface area contributed by atoms with Gasteiger partial charge in [0, 0.05) is 29.2 Å². The second-order valence-electron chi connectivity index (χ2n) is 5.99. The second kappa shape index (κ2) is 6.24. The van der Waals surface area contributed by atoms with Crippen molar-refractivity contribution in [3.05, 3.63) is 90.3 Å². The fourth-order valence-corrected chi connectivity index (χ4v) is 2.79. The van der Waals surface area contributed by atoms with E-state index in [-0.39, 0.29) is 5.91 Å². The summed E-state index contributed by atoms with van der Waals surface area (Å²) in [6.45, 7) is 1.97. The number of carbonyl (C=O) groups is 1. The number of hydrogen-bond donors (Lipinski definition) is 1. The van der Waals surface area contributed by atoms with E-state index in [2.05, 4.69) is 10.3 Å². The predicted octanol–water partition coefficient (Wildman–Crippen LogP) is 4.56. The third-order valence-electron chi connectivity index (χ3n) is 4.08. The van der Waals surface area contributed by atoms with Crippen molar-refractivity contribution < 1.29 is 4.79 Å². The molecule has 0 saturated carbocycles. The number of rotatable bonds is 3. The zero-order valence-corrected chi connectivity index (χ0v) is 13.8. The van der Waals surface area contributed by atoms with Crippen molar-refractivity contribution in [1.29, 1.82) is 0 Å². The maximum absolute atomic E-state index is 12.3. The van der Waals surface area contributed by atoms with Crippen molar-refractivity contribution in [2.24, 2.45) is 0 Å². The van der Waals surface area contributed by atoms with Gasteiger partial charge < -0.3 is 9.72 Å². The molecule has 4 nitrogen and oxygen atoms in total. The number of anilines is 1. The molecule has 2 heterocycles. The Morgan fingerprint density at radius 2 is 1.84 bits per heavy atom. The Labute approximate surface area is 145 Å². The van der Waals surface area contributed by atoms with Gasteiger partial charge in [0.1, 0.15) is 5.65 Å². The molecule has 0 aliphatic heterocycles. The van der Waals surface area contributed by atoms with Crippen LogP contribution in [-0.2, 0) is 0 Å². The number of nitrogens with zero attached hydrogens (tertiary/aromatic N) is 2. The molecule has 0 saturated heterocycles. The van der Waals surface area contributed by atoms with Gasteiger partial charge >= 0.3 is 0 Å². The van der Waals surface area contributed by atoms with Gasteiger partial charge in [0.25, 0.3) is 5.91 Å². The fourth-order valence-electron chi connectivity index (χ4n) is 2.79. The summed E-state index contributed by atoms with van der Waals surface area (Å²) in [6, 6.07) is 21.2. The molecule has 0 unspecified atom stereocenters. The van der Waals surface area contributed by atoms with Gasteiger partial charge in [-0.3, -0.25) is 4.79 Å². The number of aromatic nitrogens is 2.